The van der Waals surface area contributed by atoms with E-state index in [1.165, 1.54) is 18.5 Å². The first-order valence-corrected chi connectivity index (χ1v) is 12.1. The molecule has 4 aromatic rings. The molecule has 1 atom stereocenters. The highest BCUT2D eigenvalue weighted by Crippen LogP contribution is 2.39. The fourth-order valence-electron chi connectivity index (χ4n) is 4.32. The molecule has 1 saturated heterocycles. The standard InChI is InChI=1S/C25H29N9O.CH4/c1-16-15-34(10-9-26-16)24-13-22(28-23-12-20(31-32-23)18-7-8-18)29-25(30-24)27-14-19-11-21(33-35-19)17-5-3-2-4-6-17;/h2-6,11-13,16,18,26H,7-10,14-15H2,1H3,(H3,27,28,29,30,31,32);1H4/t16-;/m1./s1. The lowest BCUT2D eigenvalue weighted by Crippen LogP contribution is -2.49. The minimum atomic E-state index is 0. The topological polar surface area (TPSA) is 120 Å². The molecule has 36 heavy (non-hydrogen) atoms. The molecule has 2 aliphatic rings. The van der Waals surface area contributed by atoms with E-state index in [1.807, 2.05) is 42.5 Å². The molecule has 188 valence electrons. The summed E-state index contributed by atoms with van der Waals surface area (Å²) in [5, 5.41) is 21.9. The highest BCUT2D eigenvalue weighted by atomic mass is 16.5. The summed E-state index contributed by atoms with van der Waals surface area (Å²) >= 11 is 0. The summed E-state index contributed by atoms with van der Waals surface area (Å²) in [6, 6.07) is 16.4. The molecule has 2 fully saturated rings. The maximum absolute atomic E-state index is 5.54. The number of nitrogens with zero attached hydrogens (tertiary/aromatic N) is 5. The fourth-order valence-corrected chi connectivity index (χ4v) is 4.32. The van der Waals surface area contributed by atoms with Crippen molar-refractivity contribution >= 4 is 23.4 Å². The number of aromatic amines is 1. The van der Waals surface area contributed by atoms with Gasteiger partial charge in [0.2, 0.25) is 5.95 Å². The minimum Gasteiger partial charge on any atom is -0.359 e. The molecule has 1 aliphatic carbocycles. The Morgan fingerprint density at radius 1 is 1.08 bits per heavy atom. The molecule has 1 aromatic carbocycles. The van der Waals surface area contributed by atoms with Crippen molar-refractivity contribution in [3.63, 3.8) is 0 Å². The number of anilines is 4. The molecule has 1 aliphatic heterocycles. The fraction of sp³-hybridized carbons (Fsp3) is 0.385. The van der Waals surface area contributed by atoms with Crippen molar-refractivity contribution < 1.29 is 4.52 Å². The van der Waals surface area contributed by atoms with Gasteiger partial charge in [-0.3, -0.25) is 5.10 Å². The molecule has 6 rings (SSSR count). The minimum absolute atomic E-state index is 0. The maximum Gasteiger partial charge on any atom is 0.227 e. The predicted octanol–water partition coefficient (Wildman–Crippen LogP) is 4.52. The Bertz CT molecular complexity index is 1280. The normalized spacial score (nSPS) is 17.5. The third-order valence-corrected chi connectivity index (χ3v) is 6.33. The van der Waals surface area contributed by atoms with E-state index < -0.39 is 0 Å². The zero-order chi connectivity index (χ0) is 23.6. The van der Waals surface area contributed by atoms with Crippen LogP contribution in [0.3, 0.4) is 0 Å². The predicted molar refractivity (Wildman–Crippen MR) is 142 cm³/mol. The Kier molecular flexibility index (Phi) is 6.86. The van der Waals surface area contributed by atoms with Gasteiger partial charge in [-0.05, 0) is 19.8 Å². The monoisotopic (exact) mass is 487 g/mol. The van der Waals surface area contributed by atoms with Crippen molar-refractivity contribution in [2.24, 2.45) is 0 Å². The maximum atomic E-state index is 5.54. The number of aromatic nitrogens is 5. The summed E-state index contributed by atoms with van der Waals surface area (Å²) < 4.78 is 5.54. The van der Waals surface area contributed by atoms with Crippen LogP contribution >= 0.6 is 0 Å². The van der Waals surface area contributed by atoms with Crippen molar-refractivity contribution in [3.05, 3.63) is 60.0 Å². The van der Waals surface area contributed by atoms with Crippen LogP contribution in [-0.4, -0.2) is 51.0 Å². The van der Waals surface area contributed by atoms with Crippen molar-refractivity contribution in [3.8, 4) is 11.3 Å². The quantitative estimate of drug-likeness (QED) is 0.284. The van der Waals surface area contributed by atoms with Crippen LogP contribution in [0.2, 0.25) is 0 Å². The summed E-state index contributed by atoms with van der Waals surface area (Å²) in [4.78, 5) is 11.8. The van der Waals surface area contributed by atoms with E-state index >= 15 is 0 Å². The van der Waals surface area contributed by atoms with Crippen LogP contribution in [-0.2, 0) is 6.54 Å². The van der Waals surface area contributed by atoms with Gasteiger partial charge in [-0.15, -0.1) is 0 Å². The smallest absolute Gasteiger partial charge is 0.227 e. The SMILES string of the molecule is C.C[C@@H]1CN(c2cc(Nc3cc(C4CC4)[nH]n3)nc(NCc3cc(-c4ccccc4)no3)n2)CCN1. The molecule has 10 heteroatoms. The van der Waals surface area contributed by atoms with Gasteiger partial charge in [-0.2, -0.15) is 15.1 Å². The van der Waals surface area contributed by atoms with E-state index in [2.05, 4.69) is 49.2 Å². The number of benzene rings is 1. The number of hydrogen-bond donors (Lipinski definition) is 4. The Morgan fingerprint density at radius 2 is 1.94 bits per heavy atom. The lowest BCUT2D eigenvalue weighted by molar-refractivity contribution is 0.390. The van der Waals surface area contributed by atoms with E-state index in [0.29, 0.717) is 36.0 Å². The molecule has 1 saturated carbocycles. The van der Waals surface area contributed by atoms with Crippen LogP contribution in [0.5, 0.6) is 0 Å². The Hall–Kier alpha value is -3.92. The third-order valence-electron chi connectivity index (χ3n) is 6.33. The van der Waals surface area contributed by atoms with Crippen LogP contribution < -0.4 is 20.9 Å². The molecule has 0 unspecified atom stereocenters. The number of rotatable bonds is 8. The molecule has 0 spiro atoms. The van der Waals surface area contributed by atoms with Crippen molar-refractivity contribution in [2.45, 2.75) is 45.7 Å². The van der Waals surface area contributed by atoms with E-state index in [1.54, 1.807) is 0 Å². The third kappa shape index (κ3) is 5.49. The lowest BCUT2D eigenvalue weighted by atomic mass is 10.1. The average Bonchev–Trinajstić information content (AvgIpc) is 3.44. The molecule has 10 nitrogen and oxygen atoms in total. The summed E-state index contributed by atoms with van der Waals surface area (Å²) in [7, 11) is 0. The van der Waals surface area contributed by atoms with E-state index in [4.69, 9.17) is 14.5 Å². The Labute approximate surface area is 210 Å². The summed E-state index contributed by atoms with van der Waals surface area (Å²) in [5.41, 5.74) is 3.00. The molecule has 0 radical (unpaired) electrons. The van der Waals surface area contributed by atoms with Crippen LogP contribution in [0.1, 0.15) is 44.6 Å². The van der Waals surface area contributed by atoms with Gasteiger partial charge in [0.25, 0.3) is 0 Å². The zero-order valence-electron chi connectivity index (χ0n) is 19.7. The molecule has 0 amide bonds. The largest absolute Gasteiger partial charge is 0.359 e. The van der Waals surface area contributed by atoms with E-state index in [0.717, 1.165) is 42.5 Å². The van der Waals surface area contributed by atoms with Gasteiger partial charge in [0.1, 0.15) is 17.3 Å². The van der Waals surface area contributed by atoms with Crippen LogP contribution in [0.4, 0.5) is 23.4 Å². The molecular formula is C26H33N9O. The van der Waals surface area contributed by atoms with Crippen LogP contribution in [0, 0.1) is 0 Å². The lowest BCUT2D eigenvalue weighted by Gasteiger charge is -2.33. The highest BCUT2D eigenvalue weighted by molar-refractivity contribution is 5.61. The van der Waals surface area contributed by atoms with Crippen LogP contribution in [0.15, 0.2) is 53.1 Å². The molecule has 4 N–H and O–H groups in total. The van der Waals surface area contributed by atoms with Gasteiger partial charge in [-0.1, -0.05) is 42.9 Å². The van der Waals surface area contributed by atoms with Crippen LogP contribution in [0.25, 0.3) is 11.3 Å². The van der Waals surface area contributed by atoms with Gasteiger partial charge < -0.3 is 25.4 Å². The van der Waals surface area contributed by atoms with Crippen molar-refractivity contribution in [1.29, 1.82) is 0 Å². The van der Waals surface area contributed by atoms with Crippen molar-refractivity contribution in [2.75, 3.05) is 35.2 Å². The van der Waals surface area contributed by atoms with Gasteiger partial charge in [0.05, 0.1) is 6.54 Å². The molecule has 4 heterocycles. The molecule has 3 aromatic heterocycles. The Morgan fingerprint density at radius 3 is 2.75 bits per heavy atom. The molecule has 0 bridgehead atoms. The van der Waals surface area contributed by atoms with Crippen molar-refractivity contribution in [1.82, 2.24) is 30.6 Å². The second-order valence-electron chi connectivity index (χ2n) is 9.24. The summed E-state index contributed by atoms with van der Waals surface area (Å²) in [6.45, 7) is 5.29. The number of H-pyrrole nitrogens is 1. The van der Waals surface area contributed by atoms with Gasteiger partial charge >= 0.3 is 0 Å². The average molecular weight is 488 g/mol. The van der Waals surface area contributed by atoms with E-state index in [-0.39, 0.29) is 7.43 Å². The first-order valence-electron chi connectivity index (χ1n) is 12.1. The van der Waals surface area contributed by atoms with Gasteiger partial charge in [0, 0.05) is 61.1 Å². The molecular weight excluding hydrogens is 454 g/mol. The number of hydrogen-bond acceptors (Lipinski definition) is 9. The number of piperazine rings is 1. The van der Waals surface area contributed by atoms with Gasteiger partial charge in [0.15, 0.2) is 11.6 Å². The second-order valence-corrected chi connectivity index (χ2v) is 9.24. The second kappa shape index (κ2) is 10.4. The van der Waals surface area contributed by atoms with Gasteiger partial charge in [-0.25, -0.2) is 0 Å². The van der Waals surface area contributed by atoms with E-state index in [9.17, 15) is 0 Å². The first kappa shape index (κ1) is 23.8. The summed E-state index contributed by atoms with van der Waals surface area (Å²) in [6.07, 6.45) is 2.45. The Balaban J connectivity index is 0.00000267. The highest BCUT2D eigenvalue weighted by Gasteiger charge is 2.26. The number of nitrogens with one attached hydrogen (secondary N) is 4. The zero-order valence-corrected chi connectivity index (χ0v) is 19.7. The summed E-state index contributed by atoms with van der Waals surface area (Å²) in [5.74, 6) is 4.18. The first-order chi connectivity index (χ1) is 17.2.